The second kappa shape index (κ2) is 2.27. The van der Waals surface area contributed by atoms with Crippen molar-refractivity contribution in [3.05, 3.63) is 30.1 Å². The van der Waals surface area contributed by atoms with Crippen molar-refractivity contribution in [2.24, 2.45) is 0 Å². The lowest BCUT2D eigenvalue weighted by Crippen LogP contribution is -1.72. The first-order valence-corrected chi connectivity index (χ1v) is 3.68. The molecule has 2 rings (SSSR count). The first-order valence-electron chi connectivity index (χ1n) is 3.23. The van der Waals surface area contributed by atoms with Gasteiger partial charge in [0.05, 0.1) is 5.03 Å². The minimum absolute atomic E-state index is 0.209. The van der Waals surface area contributed by atoms with Crippen LogP contribution < -0.4 is 0 Å². The largest absolute Gasteiger partial charge is 0.350 e. The van der Waals surface area contributed by atoms with Crippen LogP contribution in [0.2, 0.25) is 0 Å². The Morgan fingerprint density at radius 1 is 1.36 bits per heavy atom. The third kappa shape index (κ3) is 1.01. The van der Waals surface area contributed by atoms with Gasteiger partial charge in [0.25, 0.3) is 0 Å². The van der Waals surface area contributed by atoms with E-state index >= 15 is 0 Å². The molecule has 0 saturated heterocycles. The fraction of sp³-hybridized carbons (Fsp3) is 0. The summed E-state index contributed by atoms with van der Waals surface area (Å²) < 4.78 is 12.9. The van der Waals surface area contributed by atoms with E-state index in [0.717, 1.165) is 5.52 Å². The van der Waals surface area contributed by atoms with Crippen LogP contribution in [0.4, 0.5) is 4.39 Å². The molecule has 2 aromatic rings. The standard InChI is InChI=1S/C8H6FNS/c9-6-2-1-3-7-5(6)4-8(11)10-7/h1-4,10-11H. The molecule has 56 valence electrons. The Balaban J connectivity index is 2.90. The third-order valence-corrected chi connectivity index (χ3v) is 1.84. The van der Waals surface area contributed by atoms with Gasteiger partial charge in [-0.3, -0.25) is 0 Å². The Morgan fingerprint density at radius 3 is 2.91 bits per heavy atom. The van der Waals surface area contributed by atoms with Crippen molar-refractivity contribution in [3.63, 3.8) is 0 Å². The minimum Gasteiger partial charge on any atom is -0.350 e. The van der Waals surface area contributed by atoms with E-state index in [1.165, 1.54) is 6.07 Å². The van der Waals surface area contributed by atoms with Crippen LogP contribution in [0, 0.1) is 5.82 Å². The predicted molar refractivity (Wildman–Crippen MR) is 45.5 cm³/mol. The van der Waals surface area contributed by atoms with Crippen molar-refractivity contribution in [1.29, 1.82) is 0 Å². The van der Waals surface area contributed by atoms with Gasteiger partial charge in [-0.1, -0.05) is 6.07 Å². The van der Waals surface area contributed by atoms with E-state index in [0.29, 0.717) is 10.4 Å². The number of hydrogen-bond donors (Lipinski definition) is 2. The lowest BCUT2D eigenvalue weighted by molar-refractivity contribution is 0.640. The molecule has 0 saturated carbocycles. The average molecular weight is 167 g/mol. The Kier molecular flexibility index (Phi) is 1.39. The minimum atomic E-state index is -0.209. The molecule has 0 radical (unpaired) electrons. The quantitative estimate of drug-likeness (QED) is 0.561. The summed E-state index contributed by atoms with van der Waals surface area (Å²) in [7, 11) is 0. The van der Waals surface area contributed by atoms with Crippen LogP contribution in [0.5, 0.6) is 0 Å². The maximum atomic E-state index is 12.9. The molecule has 1 heterocycles. The van der Waals surface area contributed by atoms with E-state index in [2.05, 4.69) is 17.6 Å². The van der Waals surface area contributed by atoms with E-state index in [1.54, 1.807) is 12.1 Å². The molecule has 3 heteroatoms. The van der Waals surface area contributed by atoms with Crippen LogP contribution in [-0.2, 0) is 0 Å². The van der Waals surface area contributed by atoms with Crippen molar-refractivity contribution in [3.8, 4) is 0 Å². The molecule has 0 amide bonds. The summed E-state index contributed by atoms with van der Waals surface area (Å²) in [6.45, 7) is 0. The normalized spacial score (nSPS) is 10.7. The topological polar surface area (TPSA) is 15.8 Å². The Morgan fingerprint density at radius 2 is 2.18 bits per heavy atom. The number of nitrogens with one attached hydrogen (secondary N) is 1. The van der Waals surface area contributed by atoms with E-state index in [-0.39, 0.29) is 5.82 Å². The molecule has 0 aliphatic heterocycles. The van der Waals surface area contributed by atoms with Crippen LogP contribution in [0.1, 0.15) is 0 Å². The van der Waals surface area contributed by atoms with Gasteiger partial charge in [0.2, 0.25) is 0 Å². The van der Waals surface area contributed by atoms with Gasteiger partial charge >= 0.3 is 0 Å². The fourth-order valence-electron chi connectivity index (χ4n) is 1.10. The zero-order chi connectivity index (χ0) is 7.84. The highest BCUT2D eigenvalue weighted by Crippen LogP contribution is 2.19. The van der Waals surface area contributed by atoms with E-state index in [9.17, 15) is 4.39 Å². The number of H-pyrrole nitrogens is 1. The highest BCUT2D eigenvalue weighted by Gasteiger charge is 2.01. The molecule has 0 spiro atoms. The Bertz CT molecular complexity index is 394. The second-order valence-electron chi connectivity index (χ2n) is 2.36. The molecule has 0 atom stereocenters. The Hall–Kier alpha value is -0.960. The third-order valence-electron chi connectivity index (χ3n) is 1.60. The molecule has 0 bridgehead atoms. The maximum absolute atomic E-state index is 12.9. The molecule has 0 aliphatic carbocycles. The molecule has 1 N–H and O–H groups in total. The van der Waals surface area contributed by atoms with Gasteiger partial charge in [0.1, 0.15) is 5.82 Å². The summed E-state index contributed by atoms with van der Waals surface area (Å²) in [5, 5.41) is 1.28. The molecular formula is C8H6FNS. The lowest BCUT2D eigenvalue weighted by atomic mass is 10.2. The highest BCUT2D eigenvalue weighted by atomic mass is 32.1. The molecule has 1 nitrogen and oxygen atoms in total. The zero-order valence-electron chi connectivity index (χ0n) is 5.63. The molecule has 0 aliphatic rings. The van der Waals surface area contributed by atoms with Crippen molar-refractivity contribution in [2.75, 3.05) is 0 Å². The number of fused-ring (bicyclic) bond motifs is 1. The highest BCUT2D eigenvalue weighted by molar-refractivity contribution is 7.80. The number of thiol groups is 1. The maximum Gasteiger partial charge on any atom is 0.132 e. The number of hydrogen-bond acceptors (Lipinski definition) is 1. The molecule has 1 aromatic heterocycles. The summed E-state index contributed by atoms with van der Waals surface area (Å²) in [6.07, 6.45) is 0. The smallest absolute Gasteiger partial charge is 0.132 e. The number of rotatable bonds is 0. The summed E-state index contributed by atoms with van der Waals surface area (Å²) in [6, 6.07) is 6.59. The molecular weight excluding hydrogens is 161 g/mol. The number of benzene rings is 1. The van der Waals surface area contributed by atoms with Gasteiger partial charge in [0, 0.05) is 10.9 Å². The lowest BCUT2D eigenvalue weighted by Gasteiger charge is -1.88. The van der Waals surface area contributed by atoms with Crippen LogP contribution >= 0.6 is 12.6 Å². The van der Waals surface area contributed by atoms with Gasteiger partial charge in [-0.15, -0.1) is 12.6 Å². The van der Waals surface area contributed by atoms with Crippen molar-refractivity contribution in [2.45, 2.75) is 5.03 Å². The molecule has 0 unspecified atom stereocenters. The summed E-state index contributed by atoms with van der Waals surface area (Å²) >= 11 is 4.07. The first-order chi connectivity index (χ1) is 5.27. The first kappa shape index (κ1) is 6.73. The van der Waals surface area contributed by atoms with Gasteiger partial charge in [-0.2, -0.15) is 0 Å². The van der Waals surface area contributed by atoms with Crippen LogP contribution in [-0.4, -0.2) is 4.98 Å². The number of aromatic nitrogens is 1. The van der Waals surface area contributed by atoms with E-state index in [1.807, 2.05) is 6.07 Å². The Labute approximate surface area is 68.6 Å². The van der Waals surface area contributed by atoms with Gasteiger partial charge in [0.15, 0.2) is 0 Å². The summed E-state index contributed by atoms with van der Waals surface area (Å²) in [5.74, 6) is -0.209. The molecule has 0 fully saturated rings. The summed E-state index contributed by atoms with van der Waals surface area (Å²) in [5.41, 5.74) is 0.787. The van der Waals surface area contributed by atoms with Gasteiger partial charge in [-0.25, -0.2) is 4.39 Å². The van der Waals surface area contributed by atoms with E-state index in [4.69, 9.17) is 0 Å². The van der Waals surface area contributed by atoms with E-state index < -0.39 is 0 Å². The average Bonchev–Trinajstić information content (AvgIpc) is 2.31. The van der Waals surface area contributed by atoms with Gasteiger partial charge in [-0.05, 0) is 18.2 Å². The van der Waals surface area contributed by atoms with Crippen molar-refractivity contribution in [1.82, 2.24) is 4.98 Å². The van der Waals surface area contributed by atoms with Crippen LogP contribution in [0.15, 0.2) is 29.3 Å². The zero-order valence-corrected chi connectivity index (χ0v) is 6.53. The van der Waals surface area contributed by atoms with Crippen LogP contribution in [0.25, 0.3) is 10.9 Å². The van der Waals surface area contributed by atoms with Crippen molar-refractivity contribution >= 4 is 23.5 Å². The fourth-order valence-corrected chi connectivity index (χ4v) is 1.35. The predicted octanol–water partition coefficient (Wildman–Crippen LogP) is 2.60. The second-order valence-corrected chi connectivity index (χ2v) is 2.84. The molecule has 1 aromatic carbocycles. The van der Waals surface area contributed by atoms with Gasteiger partial charge < -0.3 is 4.98 Å². The monoisotopic (exact) mass is 167 g/mol. The number of halogens is 1. The van der Waals surface area contributed by atoms with Crippen LogP contribution in [0.3, 0.4) is 0 Å². The van der Waals surface area contributed by atoms with Crippen molar-refractivity contribution < 1.29 is 4.39 Å². The SMILES string of the molecule is Fc1cccc2[nH]c(S)cc12. The number of aromatic amines is 1. The molecule has 11 heavy (non-hydrogen) atoms. The summed E-state index contributed by atoms with van der Waals surface area (Å²) in [4.78, 5) is 2.92.